The van der Waals surface area contributed by atoms with Gasteiger partial charge in [-0.05, 0) is 42.0 Å². The Kier molecular flexibility index (Phi) is 7.60. The molecule has 0 fully saturated rings. The summed E-state index contributed by atoms with van der Waals surface area (Å²) in [4.78, 5) is 37.2. The van der Waals surface area contributed by atoms with Crippen molar-refractivity contribution in [1.82, 2.24) is 4.57 Å². The second kappa shape index (κ2) is 11.2. The van der Waals surface area contributed by atoms with Gasteiger partial charge in [-0.15, -0.1) is 0 Å². The third-order valence-electron chi connectivity index (χ3n) is 5.06. The highest BCUT2D eigenvalue weighted by molar-refractivity contribution is 6.31. The van der Waals surface area contributed by atoms with Crippen LogP contribution in [0.1, 0.15) is 15.9 Å². The normalized spacial score (nSPS) is 10.4. The molecule has 0 spiro atoms. The van der Waals surface area contributed by atoms with Crippen molar-refractivity contribution in [3.8, 4) is 5.75 Å². The maximum absolute atomic E-state index is 12.8. The van der Waals surface area contributed by atoms with Crippen molar-refractivity contribution in [2.45, 2.75) is 6.54 Å². The van der Waals surface area contributed by atoms with Gasteiger partial charge < -0.3 is 19.9 Å². The summed E-state index contributed by atoms with van der Waals surface area (Å²) >= 11 is 6.21. The number of rotatable bonds is 8. The van der Waals surface area contributed by atoms with Gasteiger partial charge in [0, 0.05) is 34.7 Å². The lowest BCUT2D eigenvalue weighted by Gasteiger charge is -2.11. The number of carbonyl (C=O) groups excluding carboxylic acids is 2. The maximum atomic E-state index is 12.8. The summed E-state index contributed by atoms with van der Waals surface area (Å²) in [7, 11) is 0. The molecule has 0 atom stereocenters. The number of ether oxygens (including phenoxy) is 1. The number of aromatic nitrogens is 1. The number of nitrogens with one attached hydrogen (secondary N) is 2. The Morgan fingerprint density at radius 1 is 0.829 bits per heavy atom. The van der Waals surface area contributed by atoms with Crippen molar-refractivity contribution in [3.05, 3.63) is 124 Å². The molecule has 4 aromatic rings. The smallest absolute Gasteiger partial charge is 0.262 e. The molecule has 4 rings (SSSR count). The largest absolute Gasteiger partial charge is 0.484 e. The average molecular weight is 488 g/mol. The molecule has 1 heterocycles. The zero-order valence-corrected chi connectivity index (χ0v) is 19.4. The summed E-state index contributed by atoms with van der Waals surface area (Å²) in [5.74, 6) is -0.266. The zero-order chi connectivity index (χ0) is 24.6. The van der Waals surface area contributed by atoms with Gasteiger partial charge in [-0.2, -0.15) is 0 Å². The fourth-order valence-corrected chi connectivity index (χ4v) is 3.53. The lowest BCUT2D eigenvalue weighted by atomic mass is 10.2. The highest BCUT2D eigenvalue weighted by atomic mass is 35.5. The van der Waals surface area contributed by atoms with Crippen LogP contribution in [0.5, 0.6) is 5.75 Å². The molecule has 0 saturated carbocycles. The van der Waals surface area contributed by atoms with Crippen LogP contribution >= 0.6 is 11.6 Å². The van der Waals surface area contributed by atoms with Crippen molar-refractivity contribution in [2.24, 2.45) is 0 Å². The second-order valence-electron chi connectivity index (χ2n) is 7.66. The first-order valence-electron chi connectivity index (χ1n) is 10.8. The molecule has 2 amide bonds. The van der Waals surface area contributed by atoms with E-state index in [0.717, 1.165) is 5.56 Å². The van der Waals surface area contributed by atoms with Gasteiger partial charge in [0.05, 0.1) is 12.1 Å². The van der Waals surface area contributed by atoms with E-state index < -0.39 is 5.91 Å². The molecule has 35 heavy (non-hydrogen) atoms. The molecule has 0 saturated heterocycles. The van der Waals surface area contributed by atoms with Crippen LogP contribution in [0.25, 0.3) is 0 Å². The lowest BCUT2D eigenvalue weighted by Crippen LogP contribution is -2.22. The molecule has 0 bridgehead atoms. The van der Waals surface area contributed by atoms with Crippen molar-refractivity contribution < 1.29 is 14.3 Å². The van der Waals surface area contributed by atoms with E-state index in [1.807, 2.05) is 36.4 Å². The van der Waals surface area contributed by atoms with Gasteiger partial charge in [-0.3, -0.25) is 14.4 Å². The van der Waals surface area contributed by atoms with E-state index in [-0.39, 0.29) is 24.6 Å². The number of halogens is 1. The van der Waals surface area contributed by atoms with E-state index in [1.54, 1.807) is 42.5 Å². The minimum absolute atomic E-state index is 0.181. The number of carbonyl (C=O) groups is 2. The average Bonchev–Trinajstić information content (AvgIpc) is 2.86. The molecule has 0 aliphatic rings. The van der Waals surface area contributed by atoms with Crippen molar-refractivity contribution in [3.63, 3.8) is 0 Å². The summed E-state index contributed by atoms with van der Waals surface area (Å²) in [6, 6.07) is 25.8. The van der Waals surface area contributed by atoms with Crippen LogP contribution in [-0.4, -0.2) is 23.0 Å². The standard InChI is InChI=1S/C27H22ClN3O4/c28-24-12-5-4-7-19(24)16-31-17-20(13-14-26(31)33)27(34)30-22-10-6-11-23(15-22)35-18-25(32)29-21-8-2-1-3-9-21/h1-15,17H,16,18H2,(H,29,32)(H,30,34). The Morgan fingerprint density at radius 3 is 2.37 bits per heavy atom. The minimum atomic E-state index is -0.392. The summed E-state index contributed by atoms with van der Waals surface area (Å²) in [6.07, 6.45) is 1.50. The first kappa shape index (κ1) is 23.8. The van der Waals surface area contributed by atoms with Crippen molar-refractivity contribution in [2.75, 3.05) is 17.2 Å². The molecule has 2 N–H and O–H groups in total. The monoisotopic (exact) mass is 487 g/mol. The van der Waals surface area contributed by atoms with Gasteiger partial charge in [-0.25, -0.2) is 0 Å². The molecule has 8 heteroatoms. The first-order chi connectivity index (χ1) is 17.0. The summed E-state index contributed by atoms with van der Waals surface area (Å²) in [6.45, 7) is 0.0628. The Bertz CT molecular complexity index is 1400. The number of para-hydroxylation sites is 1. The third-order valence-corrected chi connectivity index (χ3v) is 5.43. The van der Waals surface area contributed by atoms with Crippen LogP contribution in [0.3, 0.4) is 0 Å². The van der Waals surface area contributed by atoms with Gasteiger partial charge in [0.1, 0.15) is 5.75 Å². The zero-order valence-electron chi connectivity index (χ0n) is 18.6. The molecule has 1 aromatic heterocycles. The Hall–Kier alpha value is -4.36. The van der Waals surface area contributed by atoms with Crippen LogP contribution in [-0.2, 0) is 11.3 Å². The Morgan fingerprint density at radius 2 is 1.57 bits per heavy atom. The van der Waals surface area contributed by atoms with E-state index in [1.165, 1.54) is 22.9 Å². The Labute approximate surface area is 206 Å². The summed E-state index contributed by atoms with van der Waals surface area (Å²) in [5.41, 5.74) is 2.00. The SMILES string of the molecule is O=C(COc1cccc(NC(=O)c2ccc(=O)n(Cc3ccccc3Cl)c2)c1)Nc1ccccc1. The van der Waals surface area contributed by atoms with Crippen LogP contribution < -0.4 is 20.9 Å². The van der Waals surface area contributed by atoms with Gasteiger partial charge >= 0.3 is 0 Å². The van der Waals surface area contributed by atoms with Crippen LogP contribution in [0.15, 0.2) is 102 Å². The molecule has 0 aliphatic heterocycles. The first-order valence-corrected chi connectivity index (χ1v) is 11.2. The molecule has 3 aromatic carbocycles. The van der Waals surface area contributed by atoms with Gasteiger partial charge in [-0.1, -0.05) is 54.1 Å². The van der Waals surface area contributed by atoms with E-state index >= 15 is 0 Å². The van der Waals surface area contributed by atoms with Gasteiger partial charge in [0.2, 0.25) is 0 Å². The highest BCUT2D eigenvalue weighted by Gasteiger charge is 2.11. The molecule has 0 aliphatic carbocycles. The topological polar surface area (TPSA) is 89.4 Å². The van der Waals surface area contributed by atoms with Gasteiger partial charge in [0.15, 0.2) is 6.61 Å². The summed E-state index contributed by atoms with van der Waals surface area (Å²) in [5, 5.41) is 6.07. The summed E-state index contributed by atoms with van der Waals surface area (Å²) < 4.78 is 6.99. The lowest BCUT2D eigenvalue weighted by molar-refractivity contribution is -0.118. The van der Waals surface area contributed by atoms with Gasteiger partial charge in [0.25, 0.3) is 17.4 Å². The highest BCUT2D eigenvalue weighted by Crippen LogP contribution is 2.19. The van der Waals surface area contributed by atoms with Crippen LogP contribution in [0.2, 0.25) is 5.02 Å². The van der Waals surface area contributed by atoms with Crippen molar-refractivity contribution >= 4 is 34.8 Å². The third kappa shape index (κ3) is 6.59. The Balaban J connectivity index is 1.39. The number of benzene rings is 3. The van der Waals surface area contributed by atoms with E-state index in [4.69, 9.17) is 16.3 Å². The fraction of sp³-hybridized carbons (Fsp3) is 0.0741. The minimum Gasteiger partial charge on any atom is -0.484 e. The number of amides is 2. The van der Waals surface area contributed by atoms with Crippen LogP contribution in [0.4, 0.5) is 11.4 Å². The molecule has 0 radical (unpaired) electrons. The van der Waals surface area contributed by atoms with Crippen LogP contribution in [0, 0.1) is 0 Å². The molecule has 176 valence electrons. The quantitative estimate of drug-likeness (QED) is 0.373. The molecule has 0 unspecified atom stereocenters. The number of anilines is 2. The predicted octanol–water partition coefficient (Wildman–Crippen LogP) is 4.82. The number of hydrogen-bond donors (Lipinski definition) is 2. The maximum Gasteiger partial charge on any atom is 0.262 e. The second-order valence-corrected chi connectivity index (χ2v) is 8.07. The fourth-order valence-electron chi connectivity index (χ4n) is 3.33. The predicted molar refractivity (Wildman–Crippen MR) is 136 cm³/mol. The molecular weight excluding hydrogens is 466 g/mol. The number of nitrogens with zero attached hydrogens (tertiary/aromatic N) is 1. The molecule has 7 nitrogen and oxygen atoms in total. The molecular formula is C27H22ClN3O4. The number of pyridine rings is 1. The van der Waals surface area contributed by atoms with E-state index in [2.05, 4.69) is 10.6 Å². The van der Waals surface area contributed by atoms with Crippen molar-refractivity contribution in [1.29, 1.82) is 0 Å². The number of hydrogen-bond acceptors (Lipinski definition) is 4. The van der Waals surface area contributed by atoms with E-state index in [9.17, 15) is 14.4 Å². The van der Waals surface area contributed by atoms with E-state index in [0.29, 0.717) is 27.7 Å².